The second-order valence-electron chi connectivity index (χ2n) is 6.65. The first kappa shape index (κ1) is 18.4. The van der Waals surface area contributed by atoms with Crippen LogP contribution in [-0.2, 0) is 19.4 Å². The van der Waals surface area contributed by atoms with Gasteiger partial charge in [-0.05, 0) is 42.5 Å². The summed E-state index contributed by atoms with van der Waals surface area (Å²) in [4.78, 5) is 23.7. The van der Waals surface area contributed by atoms with E-state index in [1.165, 1.54) is 12.1 Å². The molecular formula is C17H23NO5S. The average molecular weight is 353 g/mol. The highest BCUT2D eigenvalue weighted by molar-refractivity contribution is 7.90. The van der Waals surface area contributed by atoms with E-state index in [4.69, 9.17) is 5.11 Å². The highest BCUT2D eigenvalue weighted by Crippen LogP contribution is 2.42. The van der Waals surface area contributed by atoms with Crippen molar-refractivity contribution in [3.05, 3.63) is 24.3 Å². The third kappa shape index (κ3) is 5.06. The fourth-order valence-electron chi connectivity index (χ4n) is 3.37. The number of carboxylic acids is 1. The topological polar surface area (TPSA) is 101 Å². The maximum atomic E-state index is 12.3. The SMILES string of the molecule is CS(=O)(=O)c1ccc(NC(=O)CC2(CC(=O)O)CCCCC2)cc1. The highest BCUT2D eigenvalue weighted by atomic mass is 32.2. The predicted octanol–water partition coefficient (Wildman–Crippen LogP) is 2.84. The first-order valence-corrected chi connectivity index (χ1v) is 9.91. The average Bonchev–Trinajstić information content (AvgIpc) is 2.46. The molecule has 0 atom stereocenters. The summed E-state index contributed by atoms with van der Waals surface area (Å²) in [5.41, 5.74) is 0.0367. The van der Waals surface area contributed by atoms with Crippen LogP contribution in [0, 0.1) is 5.41 Å². The summed E-state index contributed by atoms with van der Waals surface area (Å²) >= 11 is 0. The van der Waals surface area contributed by atoms with Gasteiger partial charge in [-0.3, -0.25) is 9.59 Å². The van der Waals surface area contributed by atoms with Gasteiger partial charge in [-0.15, -0.1) is 0 Å². The summed E-state index contributed by atoms with van der Waals surface area (Å²) < 4.78 is 22.9. The molecule has 0 bridgehead atoms. The van der Waals surface area contributed by atoms with E-state index >= 15 is 0 Å². The molecule has 6 nitrogen and oxygen atoms in total. The van der Waals surface area contributed by atoms with Crippen molar-refractivity contribution >= 4 is 27.4 Å². The number of carbonyl (C=O) groups is 2. The lowest BCUT2D eigenvalue weighted by atomic mass is 9.69. The fourth-order valence-corrected chi connectivity index (χ4v) is 4.00. The lowest BCUT2D eigenvalue weighted by molar-refractivity contribution is -0.140. The molecular weight excluding hydrogens is 330 g/mol. The molecule has 132 valence electrons. The van der Waals surface area contributed by atoms with E-state index in [1.54, 1.807) is 12.1 Å². The van der Waals surface area contributed by atoms with Crippen molar-refractivity contribution in [3.63, 3.8) is 0 Å². The maximum Gasteiger partial charge on any atom is 0.303 e. The summed E-state index contributed by atoms with van der Waals surface area (Å²) in [5.74, 6) is -1.10. The molecule has 0 unspecified atom stereocenters. The summed E-state index contributed by atoms with van der Waals surface area (Å²) in [6.07, 6.45) is 5.78. The van der Waals surface area contributed by atoms with Crippen molar-refractivity contribution in [2.45, 2.75) is 49.8 Å². The van der Waals surface area contributed by atoms with Gasteiger partial charge in [-0.1, -0.05) is 19.3 Å². The quantitative estimate of drug-likeness (QED) is 0.819. The van der Waals surface area contributed by atoms with Gasteiger partial charge in [0.05, 0.1) is 11.3 Å². The molecule has 1 fully saturated rings. The predicted molar refractivity (Wildman–Crippen MR) is 90.6 cm³/mol. The van der Waals surface area contributed by atoms with Gasteiger partial charge in [0, 0.05) is 18.4 Å². The van der Waals surface area contributed by atoms with Crippen LogP contribution in [0.2, 0.25) is 0 Å². The number of rotatable bonds is 6. The van der Waals surface area contributed by atoms with Crippen LogP contribution in [0.4, 0.5) is 5.69 Å². The zero-order chi connectivity index (χ0) is 17.8. The molecule has 1 amide bonds. The number of sulfone groups is 1. The molecule has 2 N–H and O–H groups in total. The first-order valence-electron chi connectivity index (χ1n) is 8.02. The van der Waals surface area contributed by atoms with Crippen LogP contribution < -0.4 is 5.32 Å². The van der Waals surface area contributed by atoms with Crippen LogP contribution in [0.1, 0.15) is 44.9 Å². The minimum atomic E-state index is -3.27. The zero-order valence-corrected chi connectivity index (χ0v) is 14.6. The van der Waals surface area contributed by atoms with Gasteiger partial charge in [-0.25, -0.2) is 8.42 Å². The molecule has 0 aliphatic heterocycles. The second-order valence-corrected chi connectivity index (χ2v) is 8.67. The molecule has 1 aliphatic carbocycles. The van der Waals surface area contributed by atoms with Crippen LogP contribution in [0.25, 0.3) is 0 Å². The van der Waals surface area contributed by atoms with Crippen LogP contribution in [0.3, 0.4) is 0 Å². The van der Waals surface area contributed by atoms with Crippen LogP contribution in [-0.4, -0.2) is 31.7 Å². The standard InChI is InChI=1S/C17H23NO5S/c1-24(22,23)14-7-5-13(6-8-14)18-15(19)11-17(12-16(20)21)9-3-2-4-10-17/h5-8H,2-4,9-12H2,1H3,(H,18,19)(H,20,21). The molecule has 1 aromatic carbocycles. The Morgan fingerprint density at radius 2 is 1.67 bits per heavy atom. The van der Waals surface area contributed by atoms with Crippen LogP contribution >= 0.6 is 0 Å². The van der Waals surface area contributed by atoms with Crippen molar-refractivity contribution < 1.29 is 23.1 Å². The highest BCUT2D eigenvalue weighted by Gasteiger charge is 2.36. The van der Waals surface area contributed by atoms with Gasteiger partial charge in [0.1, 0.15) is 0 Å². The minimum Gasteiger partial charge on any atom is -0.481 e. The number of hydrogen-bond acceptors (Lipinski definition) is 4. The van der Waals surface area contributed by atoms with Crippen LogP contribution in [0.15, 0.2) is 29.2 Å². The molecule has 0 radical (unpaired) electrons. The number of aliphatic carboxylic acids is 1. The maximum absolute atomic E-state index is 12.3. The lowest BCUT2D eigenvalue weighted by Gasteiger charge is -2.35. The van der Waals surface area contributed by atoms with Gasteiger partial charge in [-0.2, -0.15) is 0 Å². The minimum absolute atomic E-state index is 0.00738. The smallest absolute Gasteiger partial charge is 0.303 e. The number of carboxylic acid groups (broad SMARTS) is 1. The summed E-state index contributed by atoms with van der Waals surface area (Å²) in [5, 5.41) is 11.9. The number of amides is 1. The van der Waals surface area contributed by atoms with Gasteiger partial charge in [0.25, 0.3) is 0 Å². The summed E-state index contributed by atoms with van der Waals surface area (Å²) in [6.45, 7) is 0. The molecule has 0 saturated heterocycles. The van der Waals surface area contributed by atoms with Gasteiger partial charge >= 0.3 is 5.97 Å². The number of anilines is 1. The Balaban J connectivity index is 2.04. The Morgan fingerprint density at radius 1 is 1.08 bits per heavy atom. The number of hydrogen-bond donors (Lipinski definition) is 2. The van der Waals surface area contributed by atoms with E-state index in [2.05, 4.69) is 5.32 Å². The zero-order valence-electron chi connectivity index (χ0n) is 13.7. The van der Waals surface area contributed by atoms with Gasteiger partial charge < -0.3 is 10.4 Å². The fraction of sp³-hybridized carbons (Fsp3) is 0.529. The molecule has 7 heteroatoms. The van der Waals surface area contributed by atoms with Gasteiger partial charge in [0.2, 0.25) is 5.91 Å². The third-order valence-electron chi connectivity index (χ3n) is 4.54. The van der Waals surface area contributed by atoms with Crippen molar-refractivity contribution in [2.24, 2.45) is 5.41 Å². The Labute approximate surface area is 142 Å². The van der Waals surface area contributed by atoms with E-state index in [0.717, 1.165) is 38.4 Å². The van der Waals surface area contributed by atoms with Crippen molar-refractivity contribution in [1.29, 1.82) is 0 Å². The number of carbonyl (C=O) groups excluding carboxylic acids is 1. The molecule has 0 spiro atoms. The van der Waals surface area contributed by atoms with Gasteiger partial charge in [0.15, 0.2) is 9.84 Å². The summed E-state index contributed by atoms with van der Waals surface area (Å²) in [7, 11) is -3.27. The van der Waals surface area contributed by atoms with Crippen molar-refractivity contribution in [2.75, 3.05) is 11.6 Å². The summed E-state index contributed by atoms with van der Waals surface area (Å²) in [6, 6.07) is 5.97. The van der Waals surface area contributed by atoms with E-state index in [0.29, 0.717) is 5.69 Å². The second kappa shape index (κ2) is 7.34. The Bertz CT molecular complexity index is 703. The Morgan fingerprint density at radius 3 is 2.17 bits per heavy atom. The third-order valence-corrected chi connectivity index (χ3v) is 5.67. The van der Waals surface area contributed by atoms with Crippen molar-refractivity contribution in [1.82, 2.24) is 0 Å². The molecule has 1 aromatic rings. The lowest BCUT2D eigenvalue weighted by Crippen LogP contribution is -2.32. The van der Waals surface area contributed by atoms with E-state index in [9.17, 15) is 18.0 Å². The molecule has 2 rings (SSSR count). The Kier molecular flexibility index (Phi) is 5.64. The normalized spacial score (nSPS) is 17.2. The van der Waals surface area contributed by atoms with Crippen LogP contribution in [0.5, 0.6) is 0 Å². The van der Waals surface area contributed by atoms with Crippen molar-refractivity contribution in [3.8, 4) is 0 Å². The molecule has 24 heavy (non-hydrogen) atoms. The molecule has 1 aliphatic rings. The number of benzene rings is 1. The number of nitrogens with one attached hydrogen (secondary N) is 1. The van der Waals surface area contributed by atoms with E-state index < -0.39 is 21.2 Å². The first-order chi connectivity index (χ1) is 11.2. The monoisotopic (exact) mass is 353 g/mol. The molecule has 0 heterocycles. The Hall–Kier alpha value is -1.89. The largest absolute Gasteiger partial charge is 0.481 e. The molecule has 1 saturated carbocycles. The molecule has 0 aromatic heterocycles. The van der Waals surface area contributed by atoms with E-state index in [1.807, 2.05) is 0 Å². The van der Waals surface area contributed by atoms with E-state index in [-0.39, 0.29) is 23.6 Å².